The fourth-order valence-electron chi connectivity index (χ4n) is 2.06. The first-order valence-electron chi connectivity index (χ1n) is 5.99. The van der Waals surface area contributed by atoms with Crippen LogP contribution in [0.15, 0.2) is 24.3 Å². The van der Waals surface area contributed by atoms with E-state index in [4.69, 9.17) is 10.5 Å². The minimum Gasteiger partial charge on any atom is -0.374 e. The molecule has 1 aromatic rings. The van der Waals surface area contributed by atoms with Crippen molar-refractivity contribution < 1.29 is 9.13 Å². The second kappa shape index (κ2) is 5.58. The molecule has 1 aliphatic rings. The molecule has 1 fully saturated rings. The van der Waals surface area contributed by atoms with E-state index < -0.39 is 0 Å². The summed E-state index contributed by atoms with van der Waals surface area (Å²) in [5, 5.41) is 0. The Balaban J connectivity index is 1.98. The zero-order valence-corrected chi connectivity index (χ0v) is 10.1. The third kappa shape index (κ3) is 3.25. The Bertz CT molecular complexity index is 355. The average molecular weight is 238 g/mol. The van der Waals surface area contributed by atoms with Gasteiger partial charge in [0.1, 0.15) is 5.82 Å². The lowest BCUT2D eigenvalue weighted by Gasteiger charge is -2.37. The maximum Gasteiger partial charge on any atom is 0.123 e. The van der Waals surface area contributed by atoms with Crippen molar-refractivity contribution in [1.29, 1.82) is 0 Å². The summed E-state index contributed by atoms with van der Waals surface area (Å²) >= 11 is 0. The Morgan fingerprint density at radius 1 is 1.41 bits per heavy atom. The highest BCUT2D eigenvalue weighted by atomic mass is 19.1. The lowest BCUT2D eigenvalue weighted by molar-refractivity contribution is -0.0567. The molecule has 4 heteroatoms. The van der Waals surface area contributed by atoms with Gasteiger partial charge in [0, 0.05) is 25.7 Å². The van der Waals surface area contributed by atoms with Gasteiger partial charge in [-0.05, 0) is 24.6 Å². The number of hydrogen-bond acceptors (Lipinski definition) is 3. The molecule has 0 bridgehead atoms. The monoisotopic (exact) mass is 238 g/mol. The van der Waals surface area contributed by atoms with Crippen LogP contribution in [0.25, 0.3) is 0 Å². The molecule has 2 N–H and O–H groups in total. The first kappa shape index (κ1) is 12.5. The Hall–Kier alpha value is -0.970. The lowest BCUT2D eigenvalue weighted by Crippen LogP contribution is -2.49. The smallest absolute Gasteiger partial charge is 0.123 e. The van der Waals surface area contributed by atoms with Crippen LogP contribution in [0.2, 0.25) is 0 Å². The van der Waals surface area contributed by atoms with Gasteiger partial charge in [0.25, 0.3) is 0 Å². The van der Waals surface area contributed by atoms with E-state index in [1.165, 1.54) is 12.1 Å². The van der Waals surface area contributed by atoms with Gasteiger partial charge < -0.3 is 10.5 Å². The Morgan fingerprint density at radius 2 is 2.12 bits per heavy atom. The van der Waals surface area contributed by atoms with Gasteiger partial charge in [-0.25, -0.2) is 4.39 Å². The summed E-state index contributed by atoms with van der Waals surface area (Å²) in [6.07, 6.45) is 0.117. The van der Waals surface area contributed by atoms with E-state index in [9.17, 15) is 4.39 Å². The molecule has 0 aromatic heterocycles. The second-order valence-electron chi connectivity index (χ2n) is 4.60. The predicted molar refractivity (Wildman–Crippen MR) is 65.1 cm³/mol. The van der Waals surface area contributed by atoms with Crippen LogP contribution in [0, 0.1) is 5.82 Å². The minimum atomic E-state index is -0.191. The Kier molecular flexibility index (Phi) is 4.10. The zero-order chi connectivity index (χ0) is 12.3. The highest BCUT2D eigenvalue weighted by Crippen LogP contribution is 2.15. The van der Waals surface area contributed by atoms with Crippen LogP contribution >= 0.6 is 0 Å². The van der Waals surface area contributed by atoms with Gasteiger partial charge in [0.15, 0.2) is 0 Å². The molecule has 0 amide bonds. The van der Waals surface area contributed by atoms with Crippen molar-refractivity contribution in [1.82, 2.24) is 4.90 Å². The van der Waals surface area contributed by atoms with Gasteiger partial charge in [-0.2, -0.15) is 0 Å². The molecule has 0 aliphatic carbocycles. The number of nitrogens with zero attached hydrogens (tertiary/aromatic N) is 1. The van der Waals surface area contributed by atoms with Gasteiger partial charge in [-0.1, -0.05) is 12.1 Å². The fourth-order valence-corrected chi connectivity index (χ4v) is 2.06. The fraction of sp³-hybridized carbons (Fsp3) is 0.538. The minimum absolute atomic E-state index is 0.117. The predicted octanol–water partition coefficient (Wildman–Crippen LogP) is 1.37. The Morgan fingerprint density at radius 3 is 2.76 bits per heavy atom. The molecular formula is C13H19FN2O. The van der Waals surface area contributed by atoms with E-state index >= 15 is 0 Å². The summed E-state index contributed by atoms with van der Waals surface area (Å²) in [5.74, 6) is -0.191. The molecule has 17 heavy (non-hydrogen) atoms. The van der Waals surface area contributed by atoms with Crippen LogP contribution in [0.3, 0.4) is 0 Å². The van der Waals surface area contributed by atoms with Crippen molar-refractivity contribution in [2.24, 2.45) is 5.73 Å². The normalized spacial score (nSPS) is 26.1. The molecular weight excluding hydrogens is 219 g/mol. The van der Waals surface area contributed by atoms with E-state index in [1.54, 1.807) is 0 Å². The molecule has 0 radical (unpaired) electrons. The summed E-state index contributed by atoms with van der Waals surface area (Å²) in [5.41, 5.74) is 6.74. The number of rotatable bonds is 3. The zero-order valence-electron chi connectivity index (χ0n) is 10.1. The standard InChI is InChI=1S/C13H19FN2O/c1-10-9-17-13(6-15)8-16(10)7-11-2-4-12(14)5-3-11/h2-5,10,13H,6-9,15H2,1H3. The summed E-state index contributed by atoms with van der Waals surface area (Å²) in [4.78, 5) is 2.33. The third-order valence-corrected chi connectivity index (χ3v) is 3.20. The largest absolute Gasteiger partial charge is 0.374 e. The van der Waals surface area contributed by atoms with Crippen LogP contribution in [-0.4, -0.2) is 36.7 Å². The maximum absolute atomic E-state index is 12.8. The summed E-state index contributed by atoms with van der Waals surface area (Å²) < 4.78 is 18.4. The summed E-state index contributed by atoms with van der Waals surface area (Å²) in [7, 11) is 0. The Labute approximate surface area is 101 Å². The second-order valence-corrected chi connectivity index (χ2v) is 4.60. The number of nitrogens with two attached hydrogens (primary N) is 1. The summed E-state index contributed by atoms with van der Waals surface area (Å²) in [6.45, 7) is 5.06. The molecule has 1 aliphatic heterocycles. The SMILES string of the molecule is CC1COC(CN)CN1Cc1ccc(F)cc1. The van der Waals surface area contributed by atoms with E-state index in [0.717, 1.165) is 18.7 Å². The topological polar surface area (TPSA) is 38.5 Å². The third-order valence-electron chi connectivity index (χ3n) is 3.20. The van der Waals surface area contributed by atoms with Crippen LogP contribution in [0.4, 0.5) is 4.39 Å². The van der Waals surface area contributed by atoms with Crippen LogP contribution in [0.5, 0.6) is 0 Å². The summed E-state index contributed by atoms with van der Waals surface area (Å²) in [6, 6.07) is 7.04. The number of halogens is 1. The molecule has 94 valence electrons. The average Bonchev–Trinajstić information content (AvgIpc) is 2.35. The number of ether oxygens (including phenoxy) is 1. The van der Waals surface area contributed by atoms with Crippen molar-refractivity contribution in [3.63, 3.8) is 0 Å². The van der Waals surface area contributed by atoms with E-state index in [0.29, 0.717) is 19.2 Å². The number of morpholine rings is 1. The van der Waals surface area contributed by atoms with Crippen LogP contribution in [0.1, 0.15) is 12.5 Å². The highest BCUT2D eigenvalue weighted by molar-refractivity contribution is 5.16. The van der Waals surface area contributed by atoms with Crippen molar-refractivity contribution >= 4 is 0 Å². The maximum atomic E-state index is 12.8. The first-order valence-corrected chi connectivity index (χ1v) is 5.99. The molecule has 3 nitrogen and oxygen atoms in total. The van der Waals surface area contributed by atoms with Crippen molar-refractivity contribution in [3.8, 4) is 0 Å². The molecule has 1 heterocycles. The van der Waals surface area contributed by atoms with Crippen molar-refractivity contribution in [2.45, 2.75) is 25.6 Å². The first-order chi connectivity index (χ1) is 8.19. The van der Waals surface area contributed by atoms with Crippen LogP contribution < -0.4 is 5.73 Å². The molecule has 2 rings (SSSR count). The highest BCUT2D eigenvalue weighted by Gasteiger charge is 2.24. The molecule has 2 atom stereocenters. The number of hydrogen-bond donors (Lipinski definition) is 1. The molecule has 1 saturated heterocycles. The van der Waals surface area contributed by atoms with Crippen molar-refractivity contribution in [2.75, 3.05) is 19.7 Å². The van der Waals surface area contributed by atoms with E-state index in [-0.39, 0.29) is 11.9 Å². The molecule has 0 saturated carbocycles. The van der Waals surface area contributed by atoms with Gasteiger partial charge in [-0.3, -0.25) is 4.90 Å². The van der Waals surface area contributed by atoms with E-state index in [1.807, 2.05) is 12.1 Å². The van der Waals surface area contributed by atoms with E-state index in [2.05, 4.69) is 11.8 Å². The van der Waals surface area contributed by atoms with Crippen molar-refractivity contribution in [3.05, 3.63) is 35.6 Å². The molecule has 2 unspecified atom stereocenters. The molecule has 0 spiro atoms. The lowest BCUT2D eigenvalue weighted by atomic mass is 10.1. The van der Waals surface area contributed by atoms with Crippen LogP contribution in [-0.2, 0) is 11.3 Å². The van der Waals surface area contributed by atoms with Gasteiger partial charge in [-0.15, -0.1) is 0 Å². The van der Waals surface area contributed by atoms with Gasteiger partial charge >= 0.3 is 0 Å². The molecule has 1 aromatic carbocycles. The van der Waals surface area contributed by atoms with Gasteiger partial charge in [0.05, 0.1) is 12.7 Å². The number of benzene rings is 1. The van der Waals surface area contributed by atoms with Gasteiger partial charge in [0.2, 0.25) is 0 Å². The quantitative estimate of drug-likeness (QED) is 0.864.